The second-order valence-corrected chi connectivity index (χ2v) is 6.89. The Hall–Kier alpha value is -2.18. The standard InChI is InChI=1S/C18H21ClN6/c1-2-23-7-9-24(10-8-23)17-16-11-22-25(18(16)21-13-20-17)12-14-3-5-15(19)6-4-14/h3-6,11,13H,2,7-10,12H2,1H3/p+1. The molecule has 0 unspecified atom stereocenters. The van der Waals surface area contributed by atoms with Crippen molar-refractivity contribution in [1.82, 2.24) is 19.7 Å². The Morgan fingerprint density at radius 2 is 1.88 bits per heavy atom. The van der Waals surface area contributed by atoms with Crippen molar-refractivity contribution in [2.45, 2.75) is 13.5 Å². The quantitative estimate of drug-likeness (QED) is 0.763. The molecule has 4 rings (SSSR count). The van der Waals surface area contributed by atoms with E-state index in [1.807, 2.05) is 35.1 Å². The van der Waals surface area contributed by atoms with Gasteiger partial charge >= 0.3 is 0 Å². The monoisotopic (exact) mass is 357 g/mol. The van der Waals surface area contributed by atoms with Crippen molar-refractivity contribution in [2.75, 3.05) is 37.6 Å². The molecule has 0 saturated carbocycles. The van der Waals surface area contributed by atoms with Crippen LogP contribution in [-0.2, 0) is 6.54 Å². The highest BCUT2D eigenvalue weighted by molar-refractivity contribution is 6.30. The number of aromatic nitrogens is 4. The molecule has 0 atom stereocenters. The molecule has 1 saturated heterocycles. The molecule has 0 aliphatic carbocycles. The van der Waals surface area contributed by atoms with Crippen molar-refractivity contribution in [2.24, 2.45) is 0 Å². The van der Waals surface area contributed by atoms with Crippen LogP contribution in [0.5, 0.6) is 0 Å². The molecule has 25 heavy (non-hydrogen) atoms. The van der Waals surface area contributed by atoms with Crippen LogP contribution in [0.1, 0.15) is 12.5 Å². The number of rotatable bonds is 4. The van der Waals surface area contributed by atoms with Crippen molar-refractivity contribution in [3.8, 4) is 0 Å². The van der Waals surface area contributed by atoms with Gasteiger partial charge in [-0.15, -0.1) is 0 Å². The average molecular weight is 358 g/mol. The fraction of sp³-hybridized carbons (Fsp3) is 0.389. The number of hydrogen-bond acceptors (Lipinski definition) is 4. The lowest BCUT2D eigenvalue weighted by molar-refractivity contribution is -0.898. The SMILES string of the molecule is CC[NH+]1CCN(c2ncnc3c2cnn3Cc2ccc(Cl)cc2)CC1. The van der Waals surface area contributed by atoms with Crippen molar-refractivity contribution in [3.05, 3.63) is 47.4 Å². The van der Waals surface area contributed by atoms with E-state index in [-0.39, 0.29) is 0 Å². The first-order chi connectivity index (χ1) is 12.2. The summed E-state index contributed by atoms with van der Waals surface area (Å²) in [6, 6.07) is 7.84. The second kappa shape index (κ2) is 6.98. The predicted octanol–water partition coefficient (Wildman–Crippen LogP) is 1.25. The number of piperazine rings is 1. The number of nitrogens with zero attached hydrogens (tertiary/aromatic N) is 5. The molecular weight excluding hydrogens is 336 g/mol. The largest absolute Gasteiger partial charge is 0.345 e. The first kappa shape index (κ1) is 16.3. The zero-order chi connectivity index (χ0) is 17.2. The molecule has 0 amide bonds. The summed E-state index contributed by atoms with van der Waals surface area (Å²) in [6.07, 6.45) is 3.54. The molecule has 3 heterocycles. The van der Waals surface area contributed by atoms with Crippen LogP contribution < -0.4 is 9.80 Å². The van der Waals surface area contributed by atoms with Gasteiger partial charge in [0.2, 0.25) is 0 Å². The van der Waals surface area contributed by atoms with E-state index in [2.05, 4.69) is 26.9 Å². The summed E-state index contributed by atoms with van der Waals surface area (Å²) in [5, 5.41) is 6.32. The molecule has 7 heteroatoms. The summed E-state index contributed by atoms with van der Waals surface area (Å²) in [7, 11) is 0. The molecule has 6 nitrogen and oxygen atoms in total. The topological polar surface area (TPSA) is 51.3 Å². The number of nitrogens with one attached hydrogen (secondary N) is 1. The summed E-state index contributed by atoms with van der Waals surface area (Å²) in [6.45, 7) is 8.46. The van der Waals surface area contributed by atoms with Gasteiger partial charge in [0, 0.05) is 5.02 Å². The summed E-state index contributed by atoms with van der Waals surface area (Å²) in [4.78, 5) is 13.0. The lowest BCUT2D eigenvalue weighted by atomic mass is 10.2. The van der Waals surface area contributed by atoms with E-state index in [1.54, 1.807) is 11.2 Å². The smallest absolute Gasteiger partial charge is 0.163 e. The van der Waals surface area contributed by atoms with Crippen molar-refractivity contribution in [3.63, 3.8) is 0 Å². The summed E-state index contributed by atoms with van der Waals surface area (Å²) in [5.41, 5.74) is 2.03. The Morgan fingerprint density at radius 3 is 2.60 bits per heavy atom. The normalized spacial score (nSPS) is 15.8. The number of anilines is 1. The maximum absolute atomic E-state index is 5.97. The zero-order valence-electron chi connectivity index (χ0n) is 14.3. The van der Waals surface area contributed by atoms with E-state index in [1.165, 1.54) is 6.54 Å². The van der Waals surface area contributed by atoms with Gasteiger partial charge in [-0.25, -0.2) is 14.6 Å². The third-order valence-electron chi connectivity index (χ3n) is 4.93. The van der Waals surface area contributed by atoms with Gasteiger partial charge in [-0.3, -0.25) is 0 Å². The first-order valence-corrected chi connectivity index (χ1v) is 9.12. The van der Waals surface area contributed by atoms with Crippen molar-refractivity contribution < 1.29 is 4.90 Å². The molecule has 0 spiro atoms. The molecule has 1 fully saturated rings. The third-order valence-corrected chi connectivity index (χ3v) is 5.18. The van der Waals surface area contributed by atoms with Crippen LogP contribution in [0.3, 0.4) is 0 Å². The van der Waals surface area contributed by atoms with E-state index in [0.717, 1.165) is 53.6 Å². The highest BCUT2D eigenvalue weighted by Crippen LogP contribution is 2.23. The number of quaternary nitrogens is 1. The fourth-order valence-electron chi connectivity index (χ4n) is 3.40. The van der Waals surface area contributed by atoms with Crippen LogP contribution in [0.25, 0.3) is 11.0 Å². The molecule has 0 bridgehead atoms. The number of benzene rings is 1. The molecule has 3 aromatic rings. The molecule has 1 aliphatic heterocycles. The molecule has 0 radical (unpaired) electrons. The third kappa shape index (κ3) is 3.32. The molecule has 2 aromatic heterocycles. The lowest BCUT2D eigenvalue weighted by Gasteiger charge is -2.32. The van der Waals surface area contributed by atoms with Crippen LogP contribution in [0.2, 0.25) is 5.02 Å². The molecular formula is C18H22ClN6+. The minimum Gasteiger partial charge on any atom is -0.345 e. The number of likely N-dealkylation sites (N-methyl/N-ethyl adjacent to an activating group) is 1. The van der Waals surface area contributed by atoms with Gasteiger partial charge in [-0.1, -0.05) is 23.7 Å². The average Bonchev–Trinajstić information content (AvgIpc) is 3.07. The van der Waals surface area contributed by atoms with Crippen LogP contribution in [0, 0.1) is 0 Å². The first-order valence-electron chi connectivity index (χ1n) is 8.74. The number of fused-ring (bicyclic) bond motifs is 1. The van der Waals surface area contributed by atoms with Gasteiger partial charge in [0.15, 0.2) is 5.65 Å². The minimum absolute atomic E-state index is 0.672. The molecule has 1 aromatic carbocycles. The van der Waals surface area contributed by atoms with Crippen molar-refractivity contribution >= 4 is 28.5 Å². The Labute approximate surface area is 152 Å². The van der Waals surface area contributed by atoms with E-state index in [0.29, 0.717) is 6.54 Å². The van der Waals surface area contributed by atoms with Gasteiger partial charge in [0.1, 0.15) is 12.1 Å². The van der Waals surface area contributed by atoms with E-state index >= 15 is 0 Å². The molecule has 1 N–H and O–H groups in total. The highest BCUT2D eigenvalue weighted by atomic mass is 35.5. The van der Waals surface area contributed by atoms with Crippen LogP contribution in [-0.4, -0.2) is 52.5 Å². The minimum atomic E-state index is 0.672. The van der Waals surface area contributed by atoms with Crippen LogP contribution in [0.15, 0.2) is 36.8 Å². The Bertz CT molecular complexity index is 852. The number of hydrogen-bond donors (Lipinski definition) is 1. The Morgan fingerprint density at radius 1 is 1.12 bits per heavy atom. The number of halogens is 1. The van der Waals surface area contributed by atoms with Gasteiger partial charge < -0.3 is 9.80 Å². The molecule has 1 aliphatic rings. The second-order valence-electron chi connectivity index (χ2n) is 6.45. The van der Waals surface area contributed by atoms with Gasteiger partial charge in [0.25, 0.3) is 0 Å². The van der Waals surface area contributed by atoms with Crippen LogP contribution in [0.4, 0.5) is 5.82 Å². The summed E-state index contributed by atoms with van der Waals surface area (Å²) >= 11 is 5.97. The molecule has 130 valence electrons. The van der Waals surface area contributed by atoms with Gasteiger partial charge in [0.05, 0.1) is 50.9 Å². The van der Waals surface area contributed by atoms with E-state index in [9.17, 15) is 0 Å². The Kier molecular flexibility index (Phi) is 4.55. The lowest BCUT2D eigenvalue weighted by Crippen LogP contribution is -3.14. The fourth-order valence-corrected chi connectivity index (χ4v) is 3.53. The van der Waals surface area contributed by atoms with E-state index in [4.69, 9.17) is 11.6 Å². The van der Waals surface area contributed by atoms with Crippen LogP contribution >= 0.6 is 11.6 Å². The highest BCUT2D eigenvalue weighted by Gasteiger charge is 2.22. The van der Waals surface area contributed by atoms with Crippen molar-refractivity contribution in [1.29, 1.82) is 0 Å². The summed E-state index contributed by atoms with van der Waals surface area (Å²) in [5.74, 6) is 1.00. The Balaban J connectivity index is 1.61. The van der Waals surface area contributed by atoms with Gasteiger partial charge in [-0.2, -0.15) is 5.10 Å². The van der Waals surface area contributed by atoms with E-state index < -0.39 is 0 Å². The predicted molar refractivity (Wildman–Crippen MR) is 99.3 cm³/mol. The van der Waals surface area contributed by atoms with Gasteiger partial charge in [-0.05, 0) is 24.6 Å². The maximum atomic E-state index is 5.97. The zero-order valence-corrected chi connectivity index (χ0v) is 15.1. The maximum Gasteiger partial charge on any atom is 0.163 e. The summed E-state index contributed by atoms with van der Waals surface area (Å²) < 4.78 is 1.93.